The highest BCUT2D eigenvalue weighted by molar-refractivity contribution is 7.08. The molecule has 0 saturated heterocycles. The molecule has 1 aromatic rings. The molecule has 1 heterocycles. The van der Waals surface area contributed by atoms with Gasteiger partial charge in [-0.15, -0.1) is 16.7 Å². The molecular formula is C12H20ClN3OS. The molecule has 0 aromatic carbocycles. The average Bonchev–Trinajstić information content (AvgIpc) is 2.63. The lowest BCUT2D eigenvalue weighted by Crippen LogP contribution is -2.44. The topological polar surface area (TPSA) is 54.9 Å². The van der Waals surface area contributed by atoms with Gasteiger partial charge in [0.05, 0.1) is 5.69 Å². The largest absolute Gasteiger partial charge is 0.346 e. The van der Waals surface area contributed by atoms with Gasteiger partial charge in [-0.05, 0) is 31.8 Å². The van der Waals surface area contributed by atoms with Gasteiger partial charge in [0, 0.05) is 16.8 Å². The fourth-order valence-electron chi connectivity index (χ4n) is 1.49. The van der Waals surface area contributed by atoms with Crippen LogP contribution < -0.4 is 5.32 Å². The summed E-state index contributed by atoms with van der Waals surface area (Å²) in [6.45, 7) is 9.97. The molecule has 0 spiro atoms. The zero-order valence-corrected chi connectivity index (χ0v) is 13.1. The van der Waals surface area contributed by atoms with Gasteiger partial charge < -0.3 is 5.32 Å². The summed E-state index contributed by atoms with van der Waals surface area (Å²) < 4.78 is 3.89. The van der Waals surface area contributed by atoms with Crippen molar-refractivity contribution in [3.8, 4) is 0 Å². The lowest BCUT2D eigenvalue weighted by molar-refractivity contribution is 0.0913. The molecule has 0 aliphatic carbocycles. The number of hydrogen-bond donors (Lipinski definition) is 1. The lowest BCUT2D eigenvalue weighted by Gasteiger charge is -2.25. The second kappa shape index (κ2) is 5.53. The van der Waals surface area contributed by atoms with Crippen LogP contribution in [0, 0.1) is 0 Å². The van der Waals surface area contributed by atoms with Crippen LogP contribution in [-0.4, -0.2) is 26.9 Å². The van der Waals surface area contributed by atoms with Crippen LogP contribution in [0.25, 0.3) is 0 Å². The summed E-state index contributed by atoms with van der Waals surface area (Å²) in [6, 6.07) is 0. The van der Waals surface area contributed by atoms with Gasteiger partial charge in [-0.1, -0.05) is 25.3 Å². The van der Waals surface area contributed by atoms with Gasteiger partial charge in [0.25, 0.3) is 5.91 Å². The first-order valence-electron chi connectivity index (χ1n) is 5.89. The molecule has 0 saturated carbocycles. The minimum atomic E-state index is -0.321. The number of carbonyl (C=O) groups is 1. The van der Waals surface area contributed by atoms with Gasteiger partial charge >= 0.3 is 0 Å². The van der Waals surface area contributed by atoms with Crippen LogP contribution in [0.4, 0.5) is 0 Å². The minimum Gasteiger partial charge on any atom is -0.346 e. The third-order valence-electron chi connectivity index (χ3n) is 2.58. The van der Waals surface area contributed by atoms with Crippen molar-refractivity contribution in [1.82, 2.24) is 14.9 Å². The maximum atomic E-state index is 12.2. The van der Waals surface area contributed by atoms with E-state index >= 15 is 0 Å². The molecule has 0 aliphatic heterocycles. The Hall–Kier alpha value is -0.680. The molecule has 0 fully saturated rings. The number of nitrogens with zero attached hydrogens (tertiary/aromatic N) is 2. The minimum absolute atomic E-state index is 0.120. The van der Waals surface area contributed by atoms with Crippen molar-refractivity contribution in [3.05, 3.63) is 10.6 Å². The van der Waals surface area contributed by atoms with E-state index in [1.165, 1.54) is 0 Å². The van der Waals surface area contributed by atoms with Gasteiger partial charge in [-0.25, -0.2) is 0 Å². The highest BCUT2D eigenvalue weighted by Gasteiger charge is 2.29. The molecule has 1 amide bonds. The van der Waals surface area contributed by atoms with E-state index in [1.54, 1.807) is 0 Å². The van der Waals surface area contributed by atoms with Gasteiger partial charge in [-0.2, -0.15) is 0 Å². The molecule has 0 unspecified atom stereocenters. The van der Waals surface area contributed by atoms with Crippen LogP contribution in [0.5, 0.6) is 0 Å². The second-order valence-corrected chi connectivity index (χ2v) is 7.11. The number of nitrogens with one attached hydrogen (secondary N) is 1. The number of aromatic nitrogens is 2. The zero-order chi connectivity index (χ0) is 14.0. The molecule has 4 nitrogen and oxygen atoms in total. The molecular weight excluding hydrogens is 270 g/mol. The first-order valence-corrected chi connectivity index (χ1v) is 7.19. The van der Waals surface area contributed by atoms with Gasteiger partial charge in [0.15, 0.2) is 0 Å². The van der Waals surface area contributed by atoms with E-state index in [0.29, 0.717) is 10.8 Å². The Morgan fingerprint density at radius 3 is 2.44 bits per heavy atom. The predicted molar refractivity (Wildman–Crippen MR) is 75.5 cm³/mol. The Morgan fingerprint density at radius 1 is 1.33 bits per heavy atom. The SMILES string of the molecule is CC(C)(CCCl)NC(=O)c1snnc1C(C)(C)C. The number of amides is 1. The lowest BCUT2D eigenvalue weighted by atomic mass is 9.91. The maximum absolute atomic E-state index is 12.2. The van der Waals surface area contributed by atoms with Gasteiger partial charge in [-0.3, -0.25) is 4.79 Å². The van der Waals surface area contributed by atoms with Crippen molar-refractivity contribution in [1.29, 1.82) is 0 Å². The zero-order valence-electron chi connectivity index (χ0n) is 11.5. The molecule has 0 aliphatic rings. The number of halogens is 1. The Labute approximate surface area is 117 Å². The number of hydrogen-bond acceptors (Lipinski definition) is 4. The Morgan fingerprint density at radius 2 is 1.94 bits per heavy atom. The summed E-state index contributed by atoms with van der Waals surface area (Å²) in [4.78, 5) is 12.8. The fraction of sp³-hybridized carbons (Fsp3) is 0.750. The van der Waals surface area contributed by atoms with Gasteiger partial charge in [0.1, 0.15) is 4.88 Å². The molecule has 0 atom stereocenters. The molecule has 1 rings (SSSR count). The van der Waals surface area contributed by atoms with Crippen molar-refractivity contribution in [2.45, 2.75) is 52.0 Å². The van der Waals surface area contributed by atoms with Gasteiger partial charge in [0.2, 0.25) is 0 Å². The Kier molecular flexibility index (Phi) is 4.72. The quantitative estimate of drug-likeness (QED) is 0.867. The second-order valence-electron chi connectivity index (χ2n) is 5.98. The van der Waals surface area contributed by atoms with E-state index < -0.39 is 0 Å². The molecule has 6 heteroatoms. The van der Waals surface area contributed by atoms with E-state index in [0.717, 1.165) is 23.6 Å². The predicted octanol–water partition coefficient (Wildman–Crippen LogP) is 2.97. The standard InChI is InChI=1S/C12H20ClN3OS/c1-11(2,3)9-8(18-16-15-9)10(17)14-12(4,5)6-7-13/h6-7H2,1-5H3,(H,14,17). The van der Waals surface area contributed by atoms with Crippen LogP contribution in [-0.2, 0) is 5.41 Å². The van der Waals surface area contributed by atoms with E-state index in [-0.39, 0.29) is 16.9 Å². The van der Waals surface area contributed by atoms with E-state index in [2.05, 4.69) is 14.9 Å². The van der Waals surface area contributed by atoms with Crippen LogP contribution in [0.15, 0.2) is 0 Å². The van der Waals surface area contributed by atoms with E-state index in [9.17, 15) is 4.79 Å². The monoisotopic (exact) mass is 289 g/mol. The normalized spacial score (nSPS) is 12.6. The van der Waals surface area contributed by atoms with E-state index in [4.69, 9.17) is 11.6 Å². The molecule has 18 heavy (non-hydrogen) atoms. The molecule has 0 radical (unpaired) electrons. The summed E-state index contributed by atoms with van der Waals surface area (Å²) in [6.07, 6.45) is 0.720. The van der Waals surface area contributed by atoms with Crippen molar-refractivity contribution in [3.63, 3.8) is 0 Å². The Balaban J connectivity index is 2.89. The van der Waals surface area contributed by atoms with Crippen LogP contribution in [0.1, 0.15) is 56.4 Å². The van der Waals surface area contributed by atoms with Crippen molar-refractivity contribution in [2.24, 2.45) is 0 Å². The van der Waals surface area contributed by atoms with E-state index in [1.807, 2.05) is 34.6 Å². The third-order valence-corrected chi connectivity index (χ3v) is 3.49. The van der Waals surface area contributed by atoms with Crippen molar-refractivity contribution >= 4 is 29.0 Å². The smallest absolute Gasteiger partial charge is 0.265 e. The highest BCUT2D eigenvalue weighted by Crippen LogP contribution is 2.26. The molecule has 102 valence electrons. The number of alkyl halides is 1. The first kappa shape index (κ1) is 15.4. The van der Waals surface area contributed by atoms with Crippen molar-refractivity contribution in [2.75, 3.05) is 5.88 Å². The number of carbonyl (C=O) groups excluding carboxylic acids is 1. The van der Waals surface area contributed by atoms with Crippen LogP contribution in [0.2, 0.25) is 0 Å². The summed E-state index contributed by atoms with van der Waals surface area (Å²) in [7, 11) is 0. The van der Waals surface area contributed by atoms with Crippen LogP contribution >= 0.6 is 23.1 Å². The maximum Gasteiger partial charge on any atom is 0.265 e. The fourth-order valence-corrected chi connectivity index (χ4v) is 2.74. The highest BCUT2D eigenvalue weighted by atomic mass is 35.5. The Bertz CT molecular complexity index is 423. The molecule has 1 aromatic heterocycles. The molecule has 0 bridgehead atoms. The van der Waals surface area contributed by atoms with Crippen molar-refractivity contribution < 1.29 is 4.79 Å². The molecule has 1 N–H and O–H groups in total. The number of rotatable bonds is 4. The average molecular weight is 290 g/mol. The third kappa shape index (κ3) is 3.92. The first-order chi connectivity index (χ1) is 8.17. The summed E-state index contributed by atoms with van der Waals surface area (Å²) in [5.41, 5.74) is 0.237. The summed E-state index contributed by atoms with van der Waals surface area (Å²) >= 11 is 6.86. The van der Waals surface area contributed by atoms with Crippen LogP contribution in [0.3, 0.4) is 0 Å². The summed E-state index contributed by atoms with van der Waals surface area (Å²) in [5, 5.41) is 7.05. The summed E-state index contributed by atoms with van der Waals surface area (Å²) in [5.74, 6) is 0.394.